The summed E-state index contributed by atoms with van der Waals surface area (Å²) in [5.74, 6) is -4.10. The molecule has 0 aliphatic heterocycles. The van der Waals surface area contributed by atoms with Crippen LogP contribution in [-0.2, 0) is 30.2 Å². The van der Waals surface area contributed by atoms with E-state index in [1.54, 1.807) is 0 Å². The topological polar surface area (TPSA) is 172 Å². The first-order chi connectivity index (χ1) is 21.3. The van der Waals surface area contributed by atoms with Gasteiger partial charge in [0.15, 0.2) is 0 Å². The van der Waals surface area contributed by atoms with E-state index in [9.17, 15) is 37.5 Å². The van der Waals surface area contributed by atoms with Gasteiger partial charge < -0.3 is 0 Å². The second kappa shape index (κ2) is 18.8. The van der Waals surface area contributed by atoms with Gasteiger partial charge in [-0.25, -0.2) is 0 Å². The van der Waals surface area contributed by atoms with E-state index in [1.165, 1.54) is 0 Å². The predicted molar refractivity (Wildman–Crippen MR) is 166 cm³/mol. The molecule has 0 saturated heterocycles. The molecule has 17 heteroatoms. The van der Waals surface area contributed by atoms with Crippen molar-refractivity contribution < 1.29 is 25.9 Å². The molecule has 0 amide bonds. The van der Waals surface area contributed by atoms with E-state index in [-0.39, 0.29) is 0 Å². The van der Waals surface area contributed by atoms with Gasteiger partial charge in [0.25, 0.3) is 0 Å². The number of H-pyrrole nitrogens is 2. The number of nitrogens with one attached hydrogen (secondary N) is 2. The van der Waals surface area contributed by atoms with Crippen molar-refractivity contribution in [2.24, 2.45) is 0 Å². The average Bonchev–Trinajstić information content (AvgIpc) is 2.98. The number of rotatable bonds is 20. The maximum absolute atomic E-state index is 13.9. The van der Waals surface area contributed by atoms with Crippen LogP contribution in [0.1, 0.15) is 79.1 Å². The SMILES string of the molecule is CCC[CH2][Sn]([CH2]CCC)([O]C(=O)Cn1cc(F)c(=O)[nH]c1=O)[O][Sn]([CH2]CCC)([CH2]CCC)[O]C(=O)Cn1cc(F)c(=O)[nH]c1=O. The number of aromatic nitrogens is 4. The minimum absolute atomic E-state index is 0.463. The first kappa shape index (κ1) is 38.9. The van der Waals surface area contributed by atoms with Crippen molar-refractivity contribution >= 4 is 50.3 Å². The molecule has 0 atom stereocenters. The molecule has 0 aromatic carbocycles. The number of carbonyl (C=O) groups is 2. The molecule has 252 valence electrons. The summed E-state index contributed by atoms with van der Waals surface area (Å²) in [6.45, 7) is 6.61. The van der Waals surface area contributed by atoms with E-state index in [2.05, 4.69) is 0 Å². The number of halogens is 2. The van der Waals surface area contributed by atoms with Gasteiger partial charge in [0.2, 0.25) is 0 Å². The van der Waals surface area contributed by atoms with Crippen LogP contribution in [0.3, 0.4) is 0 Å². The Kier molecular flexibility index (Phi) is 16.2. The molecule has 2 rings (SSSR count). The third kappa shape index (κ3) is 12.1. The third-order valence-electron chi connectivity index (χ3n) is 7.15. The molecule has 0 bridgehead atoms. The first-order valence-corrected chi connectivity index (χ1v) is 28.2. The van der Waals surface area contributed by atoms with Crippen LogP contribution in [0.5, 0.6) is 0 Å². The van der Waals surface area contributed by atoms with Crippen molar-refractivity contribution in [2.75, 3.05) is 0 Å². The maximum atomic E-state index is 13.9. The number of unbranched alkanes of at least 4 members (excludes halogenated alkanes) is 4. The van der Waals surface area contributed by atoms with Crippen molar-refractivity contribution in [1.29, 1.82) is 0 Å². The molecular weight excluding hydrogens is 812 g/mol. The number of carbonyl (C=O) groups excluding carboxylic acids is 2. The fourth-order valence-electron chi connectivity index (χ4n) is 4.78. The Hall–Kier alpha value is -2.28. The van der Waals surface area contributed by atoms with E-state index in [0.717, 1.165) is 34.8 Å². The number of hydrogen-bond acceptors (Lipinski definition) is 9. The monoisotopic (exact) mass is 858 g/mol. The molecule has 2 heterocycles. The Morgan fingerprint density at radius 1 is 0.644 bits per heavy atom. The zero-order valence-electron chi connectivity index (χ0n) is 26.4. The van der Waals surface area contributed by atoms with Crippen molar-refractivity contribution in [2.45, 2.75) is 110 Å². The summed E-state index contributed by atoms with van der Waals surface area (Å²) < 4.78 is 50.7. The van der Waals surface area contributed by atoms with Gasteiger partial charge >= 0.3 is 271 Å². The second-order valence-corrected chi connectivity index (χ2v) is 32.8. The van der Waals surface area contributed by atoms with E-state index in [4.69, 9.17) is 7.56 Å². The van der Waals surface area contributed by atoms with Gasteiger partial charge in [-0.3, -0.25) is 0 Å². The molecule has 0 radical (unpaired) electrons. The Morgan fingerprint density at radius 2 is 0.956 bits per heavy atom. The van der Waals surface area contributed by atoms with Crippen LogP contribution in [0, 0.1) is 11.6 Å². The van der Waals surface area contributed by atoms with Crippen LogP contribution in [-0.4, -0.2) is 69.5 Å². The van der Waals surface area contributed by atoms with Gasteiger partial charge in [0.05, 0.1) is 0 Å². The van der Waals surface area contributed by atoms with Crippen LogP contribution >= 0.6 is 0 Å². The zero-order chi connectivity index (χ0) is 33.6. The number of hydrogen-bond donors (Lipinski definition) is 2. The molecule has 2 N–H and O–H groups in total. The summed E-state index contributed by atoms with van der Waals surface area (Å²) >= 11 is -9.04. The Bertz CT molecular complexity index is 1400. The van der Waals surface area contributed by atoms with E-state index in [0.29, 0.717) is 55.8 Å². The molecule has 45 heavy (non-hydrogen) atoms. The molecule has 0 aliphatic rings. The van der Waals surface area contributed by atoms with Crippen molar-refractivity contribution in [3.8, 4) is 0 Å². The van der Waals surface area contributed by atoms with Gasteiger partial charge in [-0.15, -0.1) is 0 Å². The summed E-state index contributed by atoms with van der Waals surface area (Å²) in [7, 11) is 0. The fourth-order valence-corrected chi connectivity index (χ4v) is 46.0. The van der Waals surface area contributed by atoms with Gasteiger partial charge in [0, 0.05) is 0 Å². The number of aromatic amines is 2. The molecule has 0 unspecified atom stereocenters. The van der Waals surface area contributed by atoms with E-state index >= 15 is 0 Å². The first-order valence-electron chi connectivity index (χ1n) is 15.5. The Morgan fingerprint density at radius 3 is 1.24 bits per heavy atom. The molecular formula is C28H44F2N4O9Sn2. The van der Waals surface area contributed by atoms with E-state index in [1.807, 2.05) is 37.7 Å². The summed E-state index contributed by atoms with van der Waals surface area (Å²) in [4.78, 5) is 77.8. The Labute approximate surface area is 269 Å². The molecule has 0 fully saturated rings. The van der Waals surface area contributed by atoms with Crippen LogP contribution in [0.4, 0.5) is 8.78 Å². The summed E-state index contributed by atoms with van der Waals surface area (Å²) in [5, 5.41) is 0. The summed E-state index contributed by atoms with van der Waals surface area (Å²) in [6, 6.07) is 0. The quantitative estimate of drug-likeness (QED) is 0.189. The second-order valence-electron chi connectivity index (χ2n) is 11.0. The molecule has 0 saturated carbocycles. The summed E-state index contributed by atoms with van der Waals surface area (Å²) in [5.41, 5.74) is -4.34. The standard InChI is InChI=1S/2C6H5FN2O4.4C4H9.O.2Sn/c2*7-3-1-9(2-4(10)11)6(13)8-5(3)12;4*1-3-4-2;;;/h2*1H,2H2,(H,10,11)(H,8,12,13);4*1,3-4H2,2H3;;;/q;;;;;;;2*+1/p-2. The van der Waals surface area contributed by atoms with E-state index < -0.39 is 97.6 Å². The van der Waals surface area contributed by atoms with Crippen molar-refractivity contribution in [3.05, 3.63) is 65.7 Å². The van der Waals surface area contributed by atoms with Gasteiger partial charge in [-0.05, 0) is 0 Å². The van der Waals surface area contributed by atoms with Gasteiger partial charge in [-0.1, -0.05) is 0 Å². The molecule has 0 aliphatic carbocycles. The third-order valence-corrected chi connectivity index (χ3v) is 39.7. The summed E-state index contributed by atoms with van der Waals surface area (Å²) in [6.07, 6.45) is 7.04. The van der Waals surface area contributed by atoms with Crippen LogP contribution in [0.25, 0.3) is 0 Å². The average molecular weight is 856 g/mol. The van der Waals surface area contributed by atoms with Crippen molar-refractivity contribution in [3.63, 3.8) is 0 Å². The van der Waals surface area contributed by atoms with Crippen LogP contribution in [0.15, 0.2) is 31.6 Å². The fraction of sp³-hybridized carbons (Fsp3) is 0.643. The van der Waals surface area contributed by atoms with Crippen LogP contribution < -0.4 is 22.5 Å². The molecule has 2 aromatic rings. The predicted octanol–water partition coefficient (Wildman–Crippen LogP) is 3.55. The van der Waals surface area contributed by atoms with Crippen molar-refractivity contribution in [1.82, 2.24) is 19.1 Å². The molecule has 13 nitrogen and oxygen atoms in total. The Balaban J connectivity index is 2.54. The van der Waals surface area contributed by atoms with Crippen LogP contribution in [0.2, 0.25) is 17.7 Å². The normalized spacial score (nSPS) is 11.9. The van der Waals surface area contributed by atoms with Gasteiger partial charge in [0.1, 0.15) is 0 Å². The molecule has 2 aromatic heterocycles. The molecule has 0 spiro atoms. The van der Waals surface area contributed by atoms with Gasteiger partial charge in [-0.2, -0.15) is 0 Å². The zero-order valence-corrected chi connectivity index (χ0v) is 32.1. The minimum atomic E-state index is -4.52. The number of nitrogens with zero attached hydrogens (tertiary/aromatic N) is 2.